The van der Waals surface area contributed by atoms with Crippen molar-refractivity contribution in [1.29, 1.82) is 0 Å². The first-order valence-corrected chi connectivity index (χ1v) is 9.55. The molecule has 0 aliphatic heterocycles. The van der Waals surface area contributed by atoms with Gasteiger partial charge in [-0.15, -0.1) is 11.3 Å². The van der Waals surface area contributed by atoms with Crippen LogP contribution in [-0.4, -0.2) is 32.4 Å². The van der Waals surface area contributed by atoms with Gasteiger partial charge in [0, 0.05) is 17.0 Å². The van der Waals surface area contributed by atoms with Crippen LogP contribution in [0.2, 0.25) is 0 Å². The minimum absolute atomic E-state index is 0.0106. The number of benzene rings is 1. The van der Waals surface area contributed by atoms with Gasteiger partial charge in [0.25, 0.3) is 5.56 Å². The van der Waals surface area contributed by atoms with E-state index in [1.54, 1.807) is 4.90 Å². The monoisotopic (exact) mass is 369 g/mol. The van der Waals surface area contributed by atoms with Gasteiger partial charge >= 0.3 is 0 Å². The van der Waals surface area contributed by atoms with Gasteiger partial charge in [-0.1, -0.05) is 30.3 Å². The quantitative estimate of drug-likeness (QED) is 0.688. The van der Waals surface area contributed by atoms with E-state index in [-0.39, 0.29) is 30.1 Å². The molecule has 1 aromatic carbocycles. The van der Waals surface area contributed by atoms with Crippen molar-refractivity contribution in [3.05, 3.63) is 53.1 Å². The van der Waals surface area contributed by atoms with Crippen molar-refractivity contribution in [3.63, 3.8) is 0 Å². The minimum Gasteiger partial charge on any atom is -0.336 e. The third-order valence-corrected chi connectivity index (χ3v) is 5.43. The number of amides is 1. The van der Waals surface area contributed by atoms with E-state index in [1.807, 2.05) is 64.1 Å². The first kappa shape index (κ1) is 18.3. The molecule has 0 bridgehead atoms. The van der Waals surface area contributed by atoms with Crippen molar-refractivity contribution in [2.24, 2.45) is 0 Å². The Labute approximate surface area is 156 Å². The van der Waals surface area contributed by atoms with Gasteiger partial charge in [-0.05, 0) is 39.3 Å². The highest BCUT2D eigenvalue weighted by Gasteiger charge is 2.21. The molecule has 0 fully saturated rings. The summed E-state index contributed by atoms with van der Waals surface area (Å²) in [6.07, 6.45) is 1.48. The predicted molar refractivity (Wildman–Crippen MR) is 106 cm³/mol. The van der Waals surface area contributed by atoms with Gasteiger partial charge in [-0.25, -0.2) is 4.98 Å². The molecular formula is C20H23N3O2S. The van der Waals surface area contributed by atoms with Crippen LogP contribution >= 0.6 is 11.3 Å². The summed E-state index contributed by atoms with van der Waals surface area (Å²) in [5.74, 6) is -0.0712. The second kappa shape index (κ2) is 7.41. The van der Waals surface area contributed by atoms with E-state index in [0.717, 1.165) is 10.4 Å². The van der Waals surface area contributed by atoms with Gasteiger partial charge in [0.05, 0.1) is 11.8 Å². The summed E-state index contributed by atoms with van der Waals surface area (Å²) in [4.78, 5) is 32.7. The number of thiophene rings is 1. The summed E-state index contributed by atoms with van der Waals surface area (Å²) < 4.78 is 1.99. The lowest BCUT2D eigenvalue weighted by Crippen LogP contribution is -2.44. The molecule has 0 saturated carbocycles. The Balaban J connectivity index is 1.95. The molecule has 2 heterocycles. The molecule has 1 amide bonds. The van der Waals surface area contributed by atoms with Gasteiger partial charge in [0.15, 0.2) is 0 Å². The lowest BCUT2D eigenvalue weighted by molar-refractivity contribution is -0.135. The fourth-order valence-electron chi connectivity index (χ4n) is 3.20. The second-order valence-electron chi connectivity index (χ2n) is 6.86. The number of carbonyl (C=O) groups is 1. The fourth-order valence-corrected chi connectivity index (χ4v) is 4.27. The SMILES string of the molecule is CC(C)N(C(=O)Cn1cnc2cc(-c3ccccc3)sc2c1=O)C(C)C. The number of carbonyl (C=O) groups excluding carboxylic acids is 1. The van der Waals surface area contributed by atoms with Crippen LogP contribution in [0.1, 0.15) is 27.7 Å². The number of rotatable bonds is 5. The Bertz CT molecular complexity index is 966. The number of aromatic nitrogens is 2. The lowest BCUT2D eigenvalue weighted by Gasteiger charge is -2.30. The molecule has 0 unspecified atom stereocenters. The van der Waals surface area contributed by atoms with Crippen LogP contribution in [-0.2, 0) is 11.3 Å². The largest absolute Gasteiger partial charge is 0.336 e. The highest BCUT2D eigenvalue weighted by atomic mass is 32.1. The van der Waals surface area contributed by atoms with Crippen LogP contribution < -0.4 is 5.56 Å². The van der Waals surface area contributed by atoms with E-state index in [0.29, 0.717) is 10.2 Å². The molecule has 3 aromatic rings. The normalized spacial score (nSPS) is 11.5. The van der Waals surface area contributed by atoms with E-state index in [4.69, 9.17) is 0 Å². The zero-order valence-corrected chi connectivity index (χ0v) is 16.3. The van der Waals surface area contributed by atoms with Crippen LogP contribution in [0, 0.1) is 0 Å². The van der Waals surface area contributed by atoms with Gasteiger partial charge < -0.3 is 4.90 Å². The molecule has 0 N–H and O–H groups in total. The Morgan fingerprint density at radius 2 is 1.81 bits per heavy atom. The highest BCUT2D eigenvalue weighted by molar-refractivity contribution is 7.22. The van der Waals surface area contributed by atoms with Gasteiger partial charge in [0.2, 0.25) is 5.91 Å². The average molecular weight is 369 g/mol. The third kappa shape index (κ3) is 3.55. The lowest BCUT2D eigenvalue weighted by atomic mass is 10.2. The Kier molecular flexibility index (Phi) is 5.23. The summed E-state index contributed by atoms with van der Waals surface area (Å²) in [6.45, 7) is 7.93. The Morgan fingerprint density at radius 1 is 1.15 bits per heavy atom. The summed E-state index contributed by atoms with van der Waals surface area (Å²) in [5.41, 5.74) is 1.57. The predicted octanol–water partition coefficient (Wildman–Crippen LogP) is 3.77. The van der Waals surface area contributed by atoms with E-state index in [9.17, 15) is 9.59 Å². The second-order valence-corrected chi connectivity index (χ2v) is 7.91. The van der Waals surface area contributed by atoms with E-state index >= 15 is 0 Å². The molecule has 136 valence electrons. The van der Waals surface area contributed by atoms with Gasteiger partial charge in [-0.2, -0.15) is 0 Å². The van der Waals surface area contributed by atoms with Crippen molar-refractivity contribution < 1.29 is 4.79 Å². The molecule has 0 atom stereocenters. The summed E-state index contributed by atoms with van der Waals surface area (Å²) in [6, 6.07) is 12.0. The standard InChI is InChI=1S/C20H23N3O2S/c1-13(2)23(14(3)4)18(24)11-22-12-21-16-10-17(26-19(16)20(22)25)15-8-6-5-7-9-15/h5-10,12-14H,11H2,1-4H3. The minimum atomic E-state index is -0.164. The van der Waals surface area contributed by atoms with Crippen LogP contribution in [0.3, 0.4) is 0 Å². The van der Waals surface area contributed by atoms with Crippen molar-refractivity contribution in [1.82, 2.24) is 14.5 Å². The first-order valence-electron chi connectivity index (χ1n) is 8.74. The average Bonchev–Trinajstić information content (AvgIpc) is 3.02. The molecule has 0 saturated heterocycles. The molecule has 0 radical (unpaired) electrons. The molecule has 3 rings (SSSR count). The first-order chi connectivity index (χ1) is 12.4. The maximum absolute atomic E-state index is 12.8. The molecule has 2 aromatic heterocycles. The van der Waals surface area contributed by atoms with Crippen LogP contribution in [0.4, 0.5) is 0 Å². The van der Waals surface area contributed by atoms with Crippen molar-refractivity contribution in [3.8, 4) is 10.4 Å². The van der Waals surface area contributed by atoms with Crippen LogP contribution in [0.15, 0.2) is 47.5 Å². The number of nitrogens with zero attached hydrogens (tertiary/aromatic N) is 3. The number of hydrogen-bond donors (Lipinski definition) is 0. The van der Waals surface area contributed by atoms with Crippen LogP contribution in [0.25, 0.3) is 20.7 Å². The van der Waals surface area contributed by atoms with Gasteiger partial charge in [-0.3, -0.25) is 14.2 Å². The van der Waals surface area contributed by atoms with E-state index < -0.39 is 0 Å². The summed E-state index contributed by atoms with van der Waals surface area (Å²) in [5, 5.41) is 0. The highest BCUT2D eigenvalue weighted by Crippen LogP contribution is 2.30. The zero-order chi connectivity index (χ0) is 18.8. The molecule has 6 heteroatoms. The summed E-state index contributed by atoms with van der Waals surface area (Å²) >= 11 is 1.42. The maximum atomic E-state index is 12.8. The zero-order valence-electron chi connectivity index (χ0n) is 15.5. The summed E-state index contributed by atoms with van der Waals surface area (Å²) in [7, 11) is 0. The molecule has 26 heavy (non-hydrogen) atoms. The molecule has 0 aliphatic rings. The van der Waals surface area contributed by atoms with Crippen molar-refractivity contribution in [2.45, 2.75) is 46.3 Å². The molecular weight excluding hydrogens is 346 g/mol. The van der Waals surface area contributed by atoms with Crippen molar-refractivity contribution >= 4 is 27.5 Å². The van der Waals surface area contributed by atoms with E-state index in [2.05, 4.69) is 4.98 Å². The van der Waals surface area contributed by atoms with Gasteiger partial charge in [0.1, 0.15) is 11.2 Å². The smallest absolute Gasteiger partial charge is 0.271 e. The van der Waals surface area contributed by atoms with Crippen molar-refractivity contribution in [2.75, 3.05) is 0 Å². The topological polar surface area (TPSA) is 55.2 Å². The third-order valence-electron chi connectivity index (χ3n) is 4.27. The van der Waals surface area contributed by atoms with E-state index in [1.165, 1.54) is 22.2 Å². The fraction of sp³-hybridized carbons (Fsp3) is 0.350. The maximum Gasteiger partial charge on any atom is 0.271 e. The molecule has 0 spiro atoms. The number of hydrogen-bond acceptors (Lipinski definition) is 4. The molecule has 0 aliphatic carbocycles. The Morgan fingerprint density at radius 3 is 2.42 bits per heavy atom. The van der Waals surface area contributed by atoms with Crippen LogP contribution in [0.5, 0.6) is 0 Å². The molecule has 5 nitrogen and oxygen atoms in total. The Hall–Kier alpha value is -2.47. The number of fused-ring (bicyclic) bond motifs is 1.